The second-order valence-electron chi connectivity index (χ2n) is 6.70. The van der Waals surface area contributed by atoms with E-state index in [0.717, 1.165) is 12.0 Å². The van der Waals surface area contributed by atoms with E-state index in [0.29, 0.717) is 25.4 Å². The van der Waals surface area contributed by atoms with Gasteiger partial charge in [0.15, 0.2) is 11.5 Å². The van der Waals surface area contributed by atoms with Crippen LogP contribution in [-0.4, -0.2) is 42.0 Å². The first-order chi connectivity index (χ1) is 13.1. The Bertz CT molecular complexity index is 807. The van der Waals surface area contributed by atoms with Crippen LogP contribution in [0, 0.1) is 5.92 Å². The Morgan fingerprint density at radius 3 is 2.74 bits per heavy atom. The Morgan fingerprint density at radius 1 is 1.22 bits per heavy atom. The summed E-state index contributed by atoms with van der Waals surface area (Å²) in [7, 11) is 1.48. The van der Waals surface area contributed by atoms with Gasteiger partial charge in [0.05, 0.1) is 13.0 Å². The molecule has 142 valence electrons. The summed E-state index contributed by atoms with van der Waals surface area (Å²) in [4.78, 5) is 26.4. The Kier molecular flexibility index (Phi) is 5.96. The maximum Gasteiger partial charge on any atom is 0.225 e. The van der Waals surface area contributed by atoms with Gasteiger partial charge in [0.2, 0.25) is 11.8 Å². The van der Waals surface area contributed by atoms with Crippen LogP contribution in [0.15, 0.2) is 48.5 Å². The molecule has 6 heteroatoms. The molecule has 1 fully saturated rings. The number of methoxy groups -OCH3 is 1. The van der Waals surface area contributed by atoms with Crippen LogP contribution in [-0.2, 0) is 22.6 Å². The lowest BCUT2D eigenvalue weighted by molar-refractivity contribution is -0.129. The van der Waals surface area contributed by atoms with Gasteiger partial charge in [-0.3, -0.25) is 9.59 Å². The van der Waals surface area contributed by atoms with Crippen molar-refractivity contribution in [3.05, 3.63) is 59.7 Å². The fourth-order valence-corrected chi connectivity index (χ4v) is 3.24. The normalized spacial score (nSPS) is 16.4. The number of carbonyl (C=O) groups excluding carboxylic acids is 2. The van der Waals surface area contributed by atoms with Crippen LogP contribution >= 0.6 is 0 Å². The van der Waals surface area contributed by atoms with Crippen molar-refractivity contribution >= 4 is 11.8 Å². The molecule has 1 atom stereocenters. The van der Waals surface area contributed by atoms with Crippen molar-refractivity contribution in [2.75, 3.05) is 20.2 Å². The number of likely N-dealkylation sites (tertiary alicyclic amines) is 1. The molecule has 1 heterocycles. The minimum absolute atomic E-state index is 0.0254. The number of nitrogens with zero attached hydrogens (tertiary/aromatic N) is 1. The zero-order chi connectivity index (χ0) is 19.2. The average molecular weight is 368 g/mol. The van der Waals surface area contributed by atoms with Crippen LogP contribution in [0.3, 0.4) is 0 Å². The van der Waals surface area contributed by atoms with Gasteiger partial charge in [-0.1, -0.05) is 36.4 Å². The second-order valence-corrected chi connectivity index (χ2v) is 6.70. The molecule has 0 aliphatic carbocycles. The summed E-state index contributed by atoms with van der Waals surface area (Å²) in [5, 5.41) is 12.5. The number of nitrogens with one attached hydrogen (secondary N) is 1. The average Bonchev–Trinajstić information content (AvgIpc) is 3.07. The van der Waals surface area contributed by atoms with Gasteiger partial charge in [-0.05, 0) is 29.7 Å². The van der Waals surface area contributed by atoms with Gasteiger partial charge in [0.1, 0.15) is 0 Å². The van der Waals surface area contributed by atoms with Crippen molar-refractivity contribution in [1.82, 2.24) is 10.2 Å². The first-order valence-electron chi connectivity index (χ1n) is 9.02. The molecular weight excluding hydrogens is 344 g/mol. The highest BCUT2D eigenvalue weighted by atomic mass is 16.5. The van der Waals surface area contributed by atoms with Crippen LogP contribution < -0.4 is 10.1 Å². The van der Waals surface area contributed by atoms with Crippen molar-refractivity contribution < 1.29 is 19.4 Å². The highest BCUT2D eigenvalue weighted by Crippen LogP contribution is 2.26. The van der Waals surface area contributed by atoms with E-state index in [1.54, 1.807) is 17.0 Å². The summed E-state index contributed by atoms with van der Waals surface area (Å²) in [6, 6.07) is 14.9. The van der Waals surface area contributed by atoms with Gasteiger partial charge < -0.3 is 20.1 Å². The number of rotatable bonds is 7. The molecule has 0 radical (unpaired) electrons. The summed E-state index contributed by atoms with van der Waals surface area (Å²) >= 11 is 0. The molecular formula is C21H24N2O4. The number of benzene rings is 2. The zero-order valence-corrected chi connectivity index (χ0v) is 15.4. The second kappa shape index (κ2) is 8.58. The Morgan fingerprint density at radius 2 is 2.00 bits per heavy atom. The van der Waals surface area contributed by atoms with Crippen LogP contribution in [0.25, 0.3) is 0 Å². The summed E-state index contributed by atoms with van der Waals surface area (Å²) in [6.07, 6.45) is 1.04. The summed E-state index contributed by atoms with van der Waals surface area (Å²) < 4.78 is 5.07. The predicted octanol–water partition coefficient (Wildman–Crippen LogP) is 2.11. The van der Waals surface area contributed by atoms with E-state index in [9.17, 15) is 14.7 Å². The van der Waals surface area contributed by atoms with Crippen molar-refractivity contribution in [3.8, 4) is 11.5 Å². The number of aromatic hydroxyl groups is 1. The largest absolute Gasteiger partial charge is 0.504 e. The van der Waals surface area contributed by atoms with E-state index >= 15 is 0 Å². The first kappa shape index (κ1) is 18.8. The van der Waals surface area contributed by atoms with Crippen LogP contribution in [0.4, 0.5) is 0 Å². The van der Waals surface area contributed by atoms with Crippen LogP contribution in [0.2, 0.25) is 0 Å². The highest BCUT2D eigenvalue weighted by Gasteiger charge is 2.33. The maximum absolute atomic E-state index is 12.4. The lowest BCUT2D eigenvalue weighted by Gasteiger charge is -2.16. The molecule has 1 aliphatic heterocycles. The van der Waals surface area contributed by atoms with Crippen LogP contribution in [0.1, 0.15) is 17.5 Å². The lowest BCUT2D eigenvalue weighted by atomic mass is 10.1. The third-order valence-corrected chi connectivity index (χ3v) is 4.81. The molecule has 2 N–H and O–H groups in total. The Hall–Kier alpha value is -3.02. The predicted molar refractivity (Wildman–Crippen MR) is 101 cm³/mol. The Balaban J connectivity index is 1.50. The molecule has 2 aromatic carbocycles. The topological polar surface area (TPSA) is 78.9 Å². The van der Waals surface area contributed by atoms with Gasteiger partial charge >= 0.3 is 0 Å². The fraction of sp³-hybridized carbons (Fsp3) is 0.333. The number of phenolic OH excluding ortho intramolecular Hbond substituents is 1. The van der Waals surface area contributed by atoms with Crippen molar-refractivity contribution in [1.29, 1.82) is 0 Å². The highest BCUT2D eigenvalue weighted by molar-refractivity contribution is 5.89. The number of hydrogen-bond donors (Lipinski definition) is 2. The smallest absolute Gasteiger partial charge is 0.225 e. The molecule has 1 unspecified atom stereocenters. The zero-order valence-electron chi connectivity index (χ0n) is 15.4. The molecule has 1 saturated heterocycles. The molecule has 0 bridgehead atoms. The molecule has 0 aromatic heterocycles. The monoisotopic (exact) mass is 368 g/mol. The quantitative estimate of drug-likeness (QED) is 0.785. The number of phenols is 1. The van der Waals surface area contributed by atoms with Gasteiger partial charge in [-0.2, -0.15) is 0 Å². The number of carbonyl (C=O) groups is 2. The van der Waals surface area contributed by atoms with Crippen molar-refractivity contribution in [2.45, 2.75) is 19.4 Å². The summed E-state index contributed by atoms with van der Waals surface area (Å²) in [5.74, 6) is -0.00447. The SMILES string of the molecule is COc1cc(CNC(=O)C2CC(=O)N(CCc3ccccc3)C2)ccc1O. The van der Waals surface area contributed by atoms with E-state index in [1.807, 2.05) is 30.3 Å². The van der Waals surface area contributed by atoms with Crippen molar-refractivity contribution in [2.24, 2.45) is 5.92 Å². The van der Waals surface area contributed by atoms with E-state index in [-0.39, 0.29) is 29.9 Å². The molecule has 3 rings (SSSR count). The van der Waals surface area contributed by atoms with E-state index in [2.05, 4.69) is 5.32 Å². The molecule has 27 heavy (non-hydrogen) atoms. The maximum atomic E-state index is 12.4. The molecule has 0 spiro atoms. The third kappa shape index (κ3) is 4.78. The van der Waals surface area contributed by atoms with Gasteiger partial charge in [0, 0.05) is 26.1 Å². The summed E-state index contributed by atoms with van der Waals surface area (Å²) in [6.45, 7) is 1.41. The minimum atomic E-state index is -0.327. The van der Waals surface area contributed by atoms with Gasteiger partial charge in [-0.15, -0.1) is 0 Å². The number of hydrogen-bond acceptors (Lipinski definition) is 4. The standard InChI is InChI=1S/C21H24N2O4/c1-27-19-11-16(7-8-18(19)24)13-22-21(26)17-12-20(25)23(14-17)10-9-15-5-3-2-4-6-15/h2-8,11,17,24H,9-10,12-14H2,1H3,(H,22,26). The van der Waals surface area contributed by atoms with Gasteiger partial charge in [0.25, 0.3) is 0 Å². The summed E-state index contributed by atoms with van der Waals surface area (Å²) in [5.41, 5.74) is 2.00. The number of amides is 2. The fourth-order valence-electron chi connectivity index (χ4n) is 3.24. The third-order valence-electron chi connectivity index (χ3n) is 4.81. The van der Waals surface area contributed by atoms with E-state index in [1.165, 1.54) is 18.7 Å². The molecule has 1 aliphatic rings. The molecule has 2 amide bonds. The molecule has 0 saturated carbocycles. The van der Waals surface area contributed by atoms with Gasteiger partial charge in [-0.25, -0.2) is 0 Å². The van der Waals surface area contributed by atoms with E-state index < -0.39 is 0 Å². The minimum Gasteiger partial charge on any atom is -0.504 e. The van der Waals surface area contributed by atoms with Crippen molar-refractivity contribution in [3.63, 3.8) is 0 Å². The molecule has 2 aromatic rings. The molecule has 6 nitrogen and oxygen atoms in total. The number of ether oxygens (including phenoxy) is 1. The Labute approximate surface area is 158 Å². The van der Waals surface area contributed by atoms with E-state index in [4.69, 9.17) is 4.74 Å². The van der Waals surface area contributed by atoms with Crippen LogP contribution in [0.5, 0.6) is 11.5 Å². The first-order valence-corrected chi connectivity index (χ1v) is 9.02. The lowest BCUT2D eigenvalue weighted by Crippen LogP contribution is -2.33.